The highest BCUT2D eigenvalue weighted by atomic mass is 32.2. The van der Waals surface area contributed by atoms with E-state index in [4.69, 9.17) is 0 Å². The second kappa shape index (κ2) is 8.71. The number of aromatic nitrogens is 6. The number of thioether (sulfide) groups is 1. The molecule has 3 heterocycles. The first-order valence-electron chi connectivity index (χ1n) is 10.7. The Morgan fingerprint density at radius 3 is 2.56 bits per heavy atom. The normalized spacial score (nSPS) is 12.2. The maximum atomic E-state index is 13.5. The molecule has 0 fully saturated rings. The first-order chi connectivity index (χ1) is 16.5. The molecule has 1 N–H and O–H groups in total. The molecule has 1 atom stereocenters. The van der Waals surface area contributed by atoms with Crippen molar-refractivity contribution in [2.75, 3.05) is 5.32 Å². The van der Waals surface area contributed by atoms with Crippen molar-refractivity contribution in [1.82, 2.24) is 29.1 Å². The fraction of sp³-hybridized carbons (Fsp3) is 0.167. The molecule has 10 heteroatoms. The van der Waals surface area contributed by atoms with E-state index in [0.717, 1.165) is 16.8 Å². The molecule has 3 aromatic heterocycles. The molecule has 5 aromatic rings. The number of benzene rings is 2. The second-order valence-corrected chi connectivity index (χ2v) is 9.12. The van der Waals surface area contributed by atoms with Crippen molar-refractivity contribution < 1.29 is 4.79 Å². The second-order valence-electron chi connectivity index (χ2n) is 7.82. The minimum absolute atomic E-state index is 0.173. The fourth-order valence-electron chi connectivity index (χ4n) is 3.74. The quantitative estimate of drug-likeness (QED) is 0.391. The van der Waals surface area contributed by atoms with E-state index in [-0.39, 0.29) is 17.4 Å². The summed E-state index contributed by atoms with van der Waals surface area (Å²) in [5.41, 5.74) is 3.30. The summed E-state index contributed by atoms with van der Waals surface area (Å²) in [6.45, 7) is 5.75. The van der Waals surface area contributed by atoms with Crippen LogP contribution < -0.4 is 10.9 Å². The number of hydrogen-bond donors (Lipinski definition) is 1. The van der Waals surface area contributed by atoms with E-state index in [9.17, 15) is 9.59 Å². The van der Waals surface area contributed by atoms with Crippen LogP contribution in [0.25, 0.3) is 22.4 Å². The Morgan fingerprint density at radius 1 is 1.00 bits per heavy atom. The predicted octanol–water partition coefficient (Wildman–Crippen LogP) is 3.56. The predicted molar refractivity (Wildman–Crippen MR) is 132 cm³/mol. The molecule has 2 aromatic carbocycles. The van der Waals surface area contributed by atoms with Crippen LogP contribution in [0.3, 0.4) is 0 Å². The Morgan fingerprint density at radius 2 is 1.76 bits per heavy atom. The van der Waals surface area contributed by atoms with Crippen LogP contribution in [-0.2, 0) is 4.79 Å². The highest BCUT2D eigenvalue weighted by Crippen LogP contribution is 2.27. The number of nitrogens with zero attached hydrogens (tertiary/aromatic N) is 6. The maximum absolute atomic E-state index is 13.5. The highest BCUT2D eigenvalue weighted by molar-refractivity contribution is 8.00. The van der Waals surface area contributed by atoms with Crippen LogP contribution >= 0.6 is 11.8 Å². The Kier molecular flexibility index (Phi) is 5.58. The molecule has 0 aliphatic rings. The molecule has 0 bridgehead atoms. The number of carbonyl (C=O) groups is 1. The van der Waals surface area contributed by atoms with Crippen molar-refractivity contribution in [3.63, 3.8) is 0 Å². The van der Waals surface area contributed by atoms with Crippen molar-refractivity contribution >= 4 is 40.3 Å². The van der Waals surface area contributed by atoms with Crippen LogP contribution in [0.5, 0.6) is 0 Å². The van der Waals surface area contributed by atoms with Gasteiger partial charge in [-0.25, -0.2) is 14.5 Å². The minimum atomic E-state index is -0.518. The molecule has 170 valence electrons. The van der Waals surface area contributed by atoms with Crippen LogP contribution in [0, 0.1) is 13.8 Å². The molecule has 1 amide bonds. The van der Waals surface area contributed by atoms with E-state index in [1.165, 1.54) is 11.8 Å². The van der Waals surface area contributed by atoms with Gasteiger partial charge in [0.05, 0.1) is 21.8 Å². The van der Waals surface area contributed by atoms with E-state index >= 15 is 0 Å². The number of nitrogens with one attached hydrogen (secondary N) is 1. The van der Waals surface area contributed by atoms with Gasteiger partial charge in [-0.2, -0.15) is 0 Å². The average molecular weight is 472 g/mol. The smallest absolute Gasteiger partial charge is 0.267 e. The van der Waals surface area contributed by atoms with Gasteiger partial charge >= 0.3 is 0 Å². The third kappa shape index (κ3) is 3.71. The fourth-order valence-corrected chi connectivity index (χ4v) is 4.59. The number of aryl methyl sites for hydroxylation is 1. The summed E-state index contributed by atoms with van der Waals surface area (Å²) in [6.07, 6.45) is 3.12. The Labute approximate surface area is 198 Å². The third-order valence-electron chi connectivity index (χ3n) is 5.66. The van der Waals surface area contributed by atoms with Gasteiger partial charge in [0.1, 0.15) is 0 Å². The van der Waals surface area contributed by atoms with Crippen molar-refractivity contribution in [3.8, 4) is 5.69 Å². The molecular weight excluding hydrogens is 450 g/mol. The number of anilines is 1. The van der Waals surface area contributed by atoms with E-state index < -0.39 is 5.25 Å². The number of fused-ring (bicyclic) bond motifs is 3. The number of carbonyl (C=O) groups excluding carboxylic acids is 1. The van der Waals surface area contributed by atoms with Gasteiger partial charge in [-0.3, -0.25) is 19.3 Å². The number of hydrogen-bond acceptors (Lipinski definition) is 7. The largest absolute Gasteiger partial charge is 0.294 e. The monoisotopic (exact) mass is 471 g/mol. The van der Waals surface area contributed by atoms with E-state index in [0.29, 0.717) is 21.8 Å². The van der Waals surface area contributed by atoms with Gasteiger partial charge < -0.3 is 0 Å². The zero-order chi connectivity index (χ0) is 23.8. The first-order valence-corrected chi connectivity index (χ1v) is 11.5. The summed E-state index contributed by atoms with van der Waals surface area (Å²) in [5, 5.41) is 12.0. The van der Waals surface area contributed by atoms with Crippen LogP contribution in [0.4, 0.5) is 5.95 Å². The average Bonchev–Trinajstić information content (AvgIpc) is 3.25. The van der Waals surface area contributed by atoms with Gasteiger partial charge in [0.2, 0.25) is 17.6 Å². The molecular formula is C24H21N7O2S. The molecule has 0 radical (unpaired) electrons. The lowest BCUT2D eigenvalue weighted by Gasteiger charge is -2.15. The summed E-state index contributed by atoms with van der Waals surface area (Å²) < 4.78 is 3.41. The van der Waals surface area contributed by atoms with Crippen molar-refractivity contribution in [2.45, 2.75) is 31.2 Å². The molecule has 0 spiro atoms. The van der Waals surface area contributed by atoms with E-state index in [2.05, 4.69) is 25.5 Å². The van der Waals surface area contributed by atoms with Gasteiger partial charge in [-0.05, 0) is 56.2 Å². The van der Waals surface area contributed by atoms with Gasteiger partial charge in [-0.1, -0.05) is 36.0 Å². The minimum Gasteiger partial charge on any atom is -0.294 e. The standard InChI is InChI=1S/C24H21N7O2S/c1-14-8-6-11-18(15(14)2)30-21(33)17-9-4-5-10-19(17)31-23(30)28-29-24(31)34-16(3)20(32)27-22-25-12-7-13-26-22/h4-13,16H,1-3H3,(H,25,26,27,32). The molecule has 0 aliphatic carbocycles. The van der Waals surface area contributed by atoms with Crippen molar-refractivity contribution in [1.29, 1.82) is 0 Å². The molecule has 0 saturated heterocycles. The summed E-state index contributed by atoms with van der Waals surface area (Å²) in [4.78, 5) is 34.4. The topological polar surface area (TPSA) is 107 Å². The molecule has 9 nitrogen and oxygen atoms in total. The van der Waals surface area contributed by atoms with Crippen molar-refractivity contribution in [2.24, 2.45) is 0 Å². The zero-order valence-corrected chi connectivity index (χ0v) is 19.6. The SMILES string of the molecule is Cc1cccc(-n2c(=O)c3ccccc3n3c(SC(C)C(=O)Nc4ncccn4)nnc23)c1C. The summed E-state index contributed by atoms with van der Waals surface area (Å²) in [7, 11) is 0. The highest BCUT2D eigenvalue weighted by Gasteiger charge is 2.23. The molecule has 5 rings (SSSR count). The van der Waals surface area contributed by atoms with Gasteiger partial charge in [0.15, 0.2) is 5.16 Å². The lowest BCUT2D eigenvalue weighted by molar-refractivity contribution is -0.115. The summed E-state index contributed by atoms with van der Waals surface area (Å²) in [6, 6.07) is 14.8. The van der Waals surface area contributed by atoms with E-state index in [1.807, 2.05) is 54.6 Å². The zero-order valence-electron chi connectivity index (χ0n) is 18.8. The maximum Gasteiger partial charge on any atom is 0.267 e. The molecule has 0 saturated carbocycles. The molecule has 34 heavy (non-hydrogen) atoms. The lowest BCUT2D eigenvalue weighted by Crippen LogP contribution is -2.24. The number of amides is 1. The number of rotatable bonds is 5. The van der Waals surface area contributed by atoms with Crippen LogP contribution in [0.1, 0.15) is 18.1 Å². The molecule has 0 aliphatic heterocycles. The van der Waals surface area contributed by atoms with Crippen LogP contribution in [0.15, 0.2) is 70.9 Å². The van der Waals surface area contributed by atoms with Gasteiger partial charge in [0, 0.05) is 12.4 Å². The third-order valence-corrected chi connectivity index (χ3v) is 6.71. The van der Waals surface area contributed by atoms with Crippen LogP contribution in [0.2, 0.25) is 0 Å². The Balaban J connectivity index is 1.64. The molecule has 1 unspecified atom stereocenters. The van der Waals surface area contributed by atoms with Crippen LogP contribution in [-0.4, -0.2) is 40.3 Å². The number of para-hydroxylation sites is 1. The summed E-state index contributed by atoms with van der Waals surface area (Å²) >= 11 is 1.25. The van der Waals surface area contributed by atoms with E-state index in [1.54, 1.807) is 36.0 Å². The Bertz CT molecular complexity index is 1590. The van der Waals surface area contributed by atoms with Gasteiger partial charge in [-0.15, -0.1) is 10.2 Å². The van der Waals surface area contributed by atoms with Gasteiger partial charge in [0.25, 0.3) is 5.56 Å². The summed E-state index contributed by atoms with van der Waals surface area (Å²) in [5.74, 6) is 0.360. The first kappa shape index (κ1) is 21.8. The van der Waals surface area contributed by atoms with Crippen molar-refractivity contribution in [3.05, 3.63) is 82.4 Å². The Hall–Kier alpha value is -4.05. The lowest BCUT2D eigenvalue weighted by atomic mass is 10.1.